The van der Waals surface area contributed by atoms with Crippen molar-refractivity contribution >= 4 is 12.0 Å². The molecule has 0 spiro atoms. The highest BCUT2D eigenvalue weighted by molar-refractivity contribution is 5.84. The predicted molar refractivity (Wildman–Crippen MR) is 59.5 cm³/mol. The third kappa shape index (κ3) is 2.02. The number of carbonyl (C=O) groups is 1. The molecule has 0 aliphatic carbocycles. The minimum Gasteiger partial charge on any atom is -0.379 e. The van der Waals surface area contributed by atoms with Gasteiger partial charge in [0, 0.05) is 24.9 Å². The summed E-state index contributed by atoms with van der Waals surface area (Å²) in [7, 11) is 2.02. The Hall–Kier alpha value is -1.35. The molecule has 1 fully saturated rings. The van der Waals surface area contributed by atoms with Gasteiger partial charge in [0.1, 0.15) is 0 Å². The molecule has 3 heteroatoms. The van der Waals surface area contributed by atoms with Gasteiger partial charge in [-0.25, -0.2) is 0 Å². The van der Waals surface area contributed by atoms with Gasteiger partial charge in [0.25, 0.3) is 0 Å². The number of hydrogen-bond acceptors (Lipinski definition) is 3. The van der Waals surface area contributed by atoms with E-state index in [4.69, 9.17) is 4.74 Å². The van der Waals surface area contributed by atoms with Crippen molar-refractivity contribution in [3.63, 3.8) is 0 Å². The van der Waals surface area contributed by atoms with Crippen molar-refractivity contribution in [3.8, 4) is 0 Å². The van der Waals surface area contributed by atoms with E-state index in [9.17, 15) is 4.79 Å². The highest BCUT2D eigenvalue weighted by Gasteiger charge is 2.21. The van der Waals surface area contributed by atoms with Crippen LogP contribution in [-0.4, -0.2) is 32.6 Å². The summed E-state index contributed by atoms with van der Waals surface area (Å²) in [5.41, 5.74) is 1.73. The van der Waals surface area contributed by atoms with Crippen molar-refractivity contribution in [2.75, 3.05) is 25.2 Å². The zero-order chi connectivity index (χ0) is 10.7. The predicted octanol–water partition coefficient (Wildman–Crippen LogP) is 1.72. The molecule has 0 N–H and O–H groups in total. The SMILES string of the molecule is CN(c1ccccc1C=O)C1CCOC1. The topological polar surface area (TPSA) is 29.5 Å². The van der Waals surface area contributed by atoms with Gasteiger partial charge in [-0.1, -0.05) is 12.1 Å². The fourth-order valence-corrected chi connectivity index (χ4v) is 1.93. The summed E-state index contributed by atoms with van der Waals surface area (Å²) in [6.45, 7) is 1.57. The Kier molecular flexibility index (Phi) is 3.02. The van der Waals surface area contributed by atoms with Gasteiger partial charge < -0.3 is 9.64 Å². The molecule has 1 aromatic rings. The van der Waals surface area contributed by atoms with E-state index < -0.39 is 0 Å². The van der Waals surface area contributed by atoms with Crippen LogP contribution in [0.15, 0.2) is 24.3 Å². The van der Waals surface area contributed by atoms with Gasteiger partial charge in [-0.2, -0.15) is 0 Å². The van der Waals surface area contributed by atoms with Crippen LogP contribution in [0.2, 0.25) is 0 Å². The Morgan fingerprint density at radius 1 is 1.47 bits per heavy atom. The van der Waals surface area contributed by atoms with Crippen LogP contribution in [0.4, 0.5) is 5.69 Å². The van der Waals surface area contributed by atoms with E-state index in [0.29, 0.717) is 6.04 Å². The number of rotatable bonds is 3. The molecule has 1 atom stereocenters. The van der Waals surface area contributed by atoms with Gasteiger partial charge in [-0.3, -0.25) is 4.79 Å². The molecule has 1 saturated heterocycles. The zero-order valence-corrected chi connectivity index (χ0v) is 8.85. The maximum atomic E-state index is 10.9. The maximum absolute atomic E-state index is 10.9. The standard InChI is InChI=1S/C12H15NO2/c1-13(11-6-7-15-9-11)12-5-3-2-4-10(12)8-14/h2-5,8,11H,6-7,9H2,1H3. The van der Waals surface area contributed by atoms with Gasteiger partial charge in [-0.15, -0.1) is 0 Å². The molecule has 0 amide bonds. The number of hydrogen-bond donors (Lipinski definition) is 0. The molecule has 2 rings (SSSR count). The molecule has 80 valence electrons. The van der Waals surface area contributed by atoms with Gasteiger partial charge in [0.15, 0.2) is 6.29 Å². The Balaban J connectivity index is 2.23. The Morgan fingerprint density at radius 3 is 2.93 bits per heavy atom. The molecular weight excluding hydrogens is 190 g/mol. The smallest absolute Gasteiger partial charge is 0.152 e. The highest BCUT2D eigenvalue weighted by atomic mass is 16.5. The number of carbonyl (C=O) groups excluding carboxylic acids is 1. The summed E-state index contributed by atoms with van der Waals surface area (Å²) in [4.78, 5) is 13.0. The molecule has 0 radical (unpaired) electrons. The van der Waals surface area contributed by atoms with E-state index in [1.807, 2.05) is 31.3 Å². The lowest BCUT2D eigenvalue weighted by atomic mass is 10.1. The fraction of sp³-hybridized carbons (Fsp3) is 0.417. The maximum Gasteiger partial charge on any atom is 0.152 e. The Labute approximate surface area is 89.7 Å². The highest BCUT2D eigenvalue weighted by Crippen LogP contribution is 2.22. The second-order valence-electron chi connectivity index (χ2n) is 3.80. The van der Waals surface area contributed by atoms with E-state index >= 15 is 0 Å². The van der Waals surface area contributed by atoms with Crippen molar-refractivity contribution < 1.29 is 9.53 Å². The summed E-state index contributed by atoms with van der Waals surface area (Å²) in [6, 6.07) is 8.04. The van der Waals surface area contributed by atoms with Crippen molar-refractivity contribution in [2.45, 2.75) is 12.5 Å². The monoisotopic (exact) mass is 205 g/mol. The zero-order valence-electron chi connectivity index (χ0n) is 8.85. The third-order valence-corrected chi connectivity index (χ3v) is 2.90. The summed E-state index contributed by atoms with van der Waals surface area (Å²) >= 11 is 0. The summed E-state index contributed by atoms with van der Waals surface area (Å²) in [5.74, 6) is 0. The molecule has 0 bridgehead atoms. The average Bonchev–Trinajstić information content (AvgIpc) is 2.81. The molecule has 3 nitrogen and oxygen atoms in total. The van der Waals surface area contributed by atoms with Crippen LogP contribution in [0.3, 0.4) is 0 Å². The van der Waals surface area contributed by atoms with Crippen LogP contribution in [-0.2, 0) is 4.74 Å². The van der Waals surface area contributed by atoms with Crippen molar-refractivity contribution in [2.24, 2.45) is 0 Å². The third-order valence-electron chi connectivity index (χ3n) is 2.90. The second kappa shape index (κ2) is 4.45. The Bertz CT molecular complexity index is 345. The Morgan fingerprint density at radius 2 is 2.27 bits per heavy atom. The molecule has 1 aliphatic rings. The van der Waals surface area contributed by atoms with Gasteiger partial charge >= 0.3 is 0 Å². The summed E-state index contributed by atoms with van der Waals surface area (Å²) in [6.07, 6.45) is 1.94. The van der Waals surface area contributed by atoms with E-state index in [0.717, 1.165) is 37.2 Å². The lowest BCUT2D eigenvalue weighted by Crippen LogP contribution is -2.32. The number of ether oxygens (including phenoxy) is 1. The van der Waals surface area contributed by atoms with Gasteiger partial charge in [0.2, 0.25) is 0 Å². The number of aldehydes is 1. The van der Waals surface area contributed by atoms with E-state index in [1.54, 1.807) is 0 Å². The lowest BCUT2D eigenvalue weighted by Gasteiger charge is -2.26. The number of nitrogens with zero attached hydrogens (tertiary/aromatic N) is 1. The summed E-state index contributed by atoms with van der Waals surface area (Å²) < 4.78 is 5.34. The molecule has 1 heterocycles. The molecule has 1 aliphatic heterocycles. The minimum atomic E-state index is 0.395. The molecule has 1 aromatic carbocycles. The first kappa shape index (κ1) is 10.2. The second-order valence-corrected chi connectivity index (χ2v) is 3.80. The van der Waals surface area contributed by atoms with E-state index in [2.05, 4.69) is 4.90 Å². The molecule has 0 saturated carbocycles. The summed E-state index contributed by atoms with van der Waals surface area (Å²) in [5, 5.41) is 0. The van der Waals surface area contributed by atoms with Gasteiger partial charge in [-0.05, 0) is 18.6 Å². The largest absolute Gasteiger partial charge is 0.379 e. The molecular formula is C12H15NO2. The van der Waals surface area contributed by atoms with E-state index in [1.165, 1.54) is 0 Å². The lowest BCUT2D eigenvalue weighted by molar-refractivity contribution is 0.112. The minimum absolute atomic E-state index is 0.395. The fourth-order valence-electron chi connectivity index (χ4n) is 1.93. The van der Waals surface area contributed by atoms with Crippen molar-refractivity contribution in [3.05, 3.63) is 29.8 Å². The number of anilines is 1. The molecule has 15 heavy (non-hydrogen) atoms. The number of benzene rings is 1. The first-order valence-corrected chi connectivity index (χ1v) is 5.17. The van der Waals surface area contributed by atoms with Crippen LogP contribution < -0.4 is 4.90 Å². The number of para-hydroxylation sites is 1. The first-order valence-electron chi connectivity index (χ1n) is 5.17. The average molecular weight is 205 g/mol. The number of likely N-dealkylation sites (N-methyl/N-ethyl adjacent to an activating group) is 1. The van der Waals surface area contributed by atoms with Crippen LogP contribution >= 0.6 is 0 Å². The van der Waals surface area contributed by atoms with Crippen molar-refractivity contribution in [1.82, 2.24) is 0 Å². The van der Waals surface area contributed by atoms with E-state index in [-0.39, 0.29) is 0 Å². The first-order chi connectivity index (χ1) is 7.33. The normalized spacial score (nSPS) is 20.2. The van der Waals surface area contributed by atoms with Crippen LogP contribution in [0, 0.1) is 0 Å². The van der Waals surface area contributed by atoms with Crippen LogP contribution in [0.5, 0.6) is 0 Å². The van der Waals surface area contributed by atoms with Gasteiger partial charge in [0.05, 0.1) is 12.6 Å². The molecule has 1 unspecified atom stereocenters. The molecule has 0 aromatic heterocycles. The van der Waals surface area contributed by atoms with Crippen LogP contribution in [0.25, 0.3) is 0 Å². The van der Waals surface area contributed by atoms with Crippen LogP contribution in [0.1, 0.15) is 16.8 Å². The quantitative estimate of drug-likeness (QED) is 0.704. The van der Waals surface area contributed by atoms with Crippen molar-refractivity contribution in [1.29, 1.82) is 0 Å².